The summed E-state index contributed by atoms with van der Waals surface area (Å²) in [5, 5.41) is 9.56. The first-order valence-corrected chi connectivity index (χ1v) is 9.92. The van der Waals surface area contributed by atoms with E-state index in [-0.39, 0.29) is 37.0 Å². The molecule has 1 N–H and O–H groups in total. The molecule has 28 heavy (non-hydrogen) atoms. The molecule has 3 aliphatic heterocycles. The van der Waals surface area contributed by atoms with Gasteiger partial charge >= 0.3 is 0 Å². The molecule has 7 heteroatoms. The van der Waals surface area contributed by atoms with Crippen LogP contribution in [0.5, 0.6) is 0 Å². The predicted molar refractivity (Wildman–Crippen MR) is 100 cm³/mol. The van der Waals surface area contributed by atoms with Crippen molar-refractivity contribution in [1.29, 1.82) is 0 Å². The number of aliphatic hydroxyl groups excluding tert-OH is 1. The van der Waals surface area contributed by atoms with Crippen molar-refractivity contribution in [3.63, 3.8) is 0 Å². The highest BCUT2D eigenvalue weighted by Gasteiger charge is 2.43. The fraction of sp³-hybridized carbons (Fsp3) is 0.524. The predicted octanol–water partition coefficient (Wildman–Crippen LogP) is 1.79. The van der Waals surface area contributed by atoms with Crippen LogP contribution >= 0.6 is 0 Å². The molecule has 4 rings (SSSR count). The number of hydrogen-bond donors (Lipinski definition) is 1. The maximum atomic E-state index is 13.4. The lowest BCUT2D eigenvalue weighted by Crippen LogP contribution is -2.42. The molecular weight excluding hydrogens is 363 g/mol. The van der Waals surface area contributed by atoms with Gasteiger partial charge < -0.3 is 14.7 Å². The van der Waals surface area contributed by atoms with Crippen LogP contribution in [-0.4, -0.2) is 65.7 Å². The van der Waals surface area contributed by atoms with E-state index in [1.165, 1.54) is 17.0 Å². The summed E-state index contributed by atoms with van der Waals surface area (Å²) in [6.07, 6.45) is 3.37. The zero-order chi connectivity index (χ0) is 19.7. The number of benzene rings is 1. The van der Waals surface area contributed by atoms with Gasteiger partial charge in [0.25, 0.3) is 11.8 Å². The van der Waals surface area contributed by atoms with Gasteiger partial charge in [0.15, 0.2) is 0 Å². The molecule has 2 saturated heterocycles. The molecule has 1 aromatic rings. The second-order valence-electron chi connectivity index (χ2n) is 7.72. The largest absolute Gasteiger partial charge is 0.396 e. The number of rotatable bonds is 5. The number of piperidine rings is 1. The van der Waals surface area contributed by atoms with Crippen molar-refractivity contribution in [2.75, 3.05) is 32.8 Å². The third kappa shape index (κ3) is 3.56. The second kappa shape index (κ2) is 8.01. The summed E-state index contributed by atoms with van der Waals surface area (Å²) in [4.78, 5) is 29.7. The molecule has 0 aliphatic carbocycles. The molecule has 0 radical (unpaired) electrons. The van der Waals surface area contributed by atoms with Crippen LogP contribution in [0.15, 0.2) is 30.0 Å². The molecule has 0 bridgehead atoms. The summed E-state index contributed by atoms with van der Waals surface area (Å²) in [5.41, 5.74) is 1.23. The lowest BCUT2D eigenvalue weighted by atomic mass is 9.97. The van der Waals surface area contributed by atoms with E-state index >= 15 is 0 Å². The van der Waals surface area contributed by atoms with E-state index in [1.54, 1.807) is 12.1 Å². The number of nitrogens with zero attached hydrogens (tertiary/aromatic N) is 2. The average Bonchev–Trinajstić information content (AvgIpc) is 3.31. The number of halogens is 1. The lowest BCUT2D eigenvalue weighted by molar-refractivity contribution is -0.139. The molecule has 3 aliphatic rings. The van der Waals surface area contributed by atoms with Crippen molar-refractivity contribution >= 4 is 17.4 Å². The highest BCUT2D eigenvalue weighted by molar-refractivity contribution is 6.35. The van der Waals surface area contributed by atoms with Gasteiger partial charge in [-0.1, -0.05) is 12.1 Å². The van der Waals surface area contributed by atoms with Crippen LogP contribution in [0, 0.1) is 11.7 Å². The van der Waals surface area contributed by atoms with Crippen molar-refractivity contribution in [1.82, 2.24) is 9.80 Å². The molecule has 0 aromatic heterocycles. The maximum Gasteiger partial charge on any atom is 0.277 e. The summed E-state index contributed by atoms with van der Waals surface area (Å²) in [5.74, 6) is -0.991. The van der Waals surface area contributed by atoms with Gasteiger partial charge in [-0.15, -0.1) is 0 Å². The van der Waals surface area contributed by atoms with E-state index in [1.807, 2.05) is 4.90 Å². The fourth-order valence-electron chi connectivity index (χ4n) is 4.31. The summed E-state index contributed by atoms with van der Waals surface area (Å²) in [6, 6.07) is 5.68. The van der Waals surface area contributed by atoms with Crippen molar-refractivity contribution in [3.8, 4) is 0 Å². The Kier molecular flexibility index (Phi) is 5.46. The van der Waals surface area contributed by atoms with Crippen molar-refractivity contribution in [2.45, 2.75) is 31.8 Å². The molecule has 6 nitrogen and oxygen atoms in total. The Hall–Kier alpha value is -2.25. The molecule has 2 atom stereocenters. The maximum absolute atomic E-state index is 13.4. The highest BCUT2D eigenvalue weighted by Crippen LogP contribution is 2.34. The van der Waals surface area contributed by atoms with Crippen LogP contribution in [0.4, 0.5) is 4.39 Å². The van der Waals surface area contributed by atoms with E-state index in [4.69, 9.17) is 4.74 Å². The minimum absolute atomic E-state index is 0.0530. The van der Waals surface area contributed by atoms with Gasteiger partial charge in [0.05, 0.1) is 18.2 Å². The SMILES string of the molecule is O=C1C(c2ccc(F)cc2)=C(N2CCCC(CO)C2)C(=O)N1CC1CCCO1. The number of imide groups is 1. The fourth-order valence-corrected chi connectivity index (χ4v) is 4.31. The minimum Gasteiger partial charge on any atom is -0.396 e. The number of aliphatic hydroxyl groups is 1. The first kappa shape index (κ1) is 19.1. The molecule has 2 fully saturated rings. The average molecular weight is 388 g/mol. The number of carbonyl (C=O) groups excluding carboxylic acids is 2. The highest BCUT2D eigenvalue weighted by atomic mass is 19.1. The summed E-state index contributed by atoms with van der Waals surface area (Å²) in [7, 11) is 0. The topological polar surface area (TPSA) is 70.1 Å². The molecule has 1 aromatic carbocycles. The number of carbonyl (C=O) groups is 2. The van der Waals surface area contributed by atoms with Crippen molar-refractivity contribution in [3.05, 3.63) is 41.3 Å². The number of amides is 2. The Morgan fingerprint density at radius 3 is 2.57 bits per heavy atom. The molecule has 0 saturated carbocycles. The monoisotopic (exact) mass is 388 g/mol. The number of hydrogen-bond acceptors (Lipinski definition) is 5. The van der Waals surface area contributed by atoms with E-state index in [2.05, 4.69) is 0 Å². The van der Waals surface area contributed by atoms with Crippen LogP contribution in [0.1, 0.15) is 31.2 Å². The van der Waals surface area contributed by atoms with Gasteiger partial charge in [-0.25, -0.2) is 4.39 Å². The Bertz CT molecular complexity index is 786. The molecular formula is C21H25FN2O4. The molecule has 2 amide bonds. The zero-order valence-electron chi connectivity index (χ0n) is 15.8. The van der Waals surface area contributed by atoms with Gasteiger partial charge in [-0.05, 0) is 49.3 Å². The van der Waals surface area contributed by atoms with Crippen LogP contribution < -0.4 is 0 Å². The molecule has 150 valence electrons. The Morgan fingerprint density at radius 1 is 1.11 bits per heavy atom. The van der Waals surface area contributed by atoms with E-state index in [0.29, 0.717) is 36.5 Å². The normalized spacial score (nSPS) is 25.9. The smallest absolute Gasteiger partial charge is 0.277 e. The second-order valence-corrected chi connectivity index (χ2v) is 7.72. The Labute approximate surface area is 163 Å². The third-order valence-corrected chi connectivity index (χ3v) is 5.78. The Balaban J connectivity index is 1.69. The van der Waals surface area contributed by atoms with Gasteiger partial charge in [0.2, 0.25) is 0 Å². The van der Waals surface area contributed by atoms with E-state index in [0.717, 1.165) is 25.7 Å². The summed E-state index contributed by atoms with van der Waals surface area (Å²) in [6.45, 7) is 2.13. The summed E-state index contributed by atoms with van der Waals surface area (Å²) < 4.78 is 19.0. The Morgan fingerprint density at radius 2 is 1.89 bits per heavy atom. The summed E-state index contributed by atoms with van der Waals surface area (Å²) >= 11 is 0. The quantitative estimate of drug-likeness (QED) is 0.779. The van der Waals surface area contributed by atoms with Crippen LogP contribution in [0.2, 0.25) is 0 Å². The van der Waals surface area contributed by atoms with Gasteiger partial charge in [0.1, 0.15) is 11.5 Å². The van der Waals surface area contributed by atoms with Crippen LogP contribution in [0.25, 0.3) is 5.57 Å². The molecule has 0 spiro atoms. The van der Waals surface area contributed by atoms with Gasteiger partial charge in [-0.2, -0.15) is 0 Å². The lowest BCUT2D eigenvalue weighted by Gasteiger charge is -2.34. The van der Waals surface area contributed by atoms with Gasteiger partial charge in [-0.3, -0.25) is 14.5 Å². The first-order valence-electron chi connectivity index (χ1n) is 9.92. The third-order valence-electron chi connectivity index (χ3n) is 5.78. The number of ether oxygens (including phenoxy) is 1. The minimum atomic E-state index is -0.391. The van der Waals surface area contributed by atoms with Crippen LogP contribution in [0.3, 0.4) is 0 Å². The van der Waals surface area contributed by atoms with Crippen molar-refractivity contribution < 1.29 is 23.8 Å². The first-order chi connectivity index (χ1) is 13.6. The van der Waals surface area contributed by atoms with E-state index in [9.17, 15) is 19.1 Å². The van der Waals surface area contributed by atoms with Crippen LogP contribution in [-0.2, 0) is 14.3 Å². The van der Waals surface area contributed by atoms with Crippen molar-refractivity contribution in [2.24, 2.45) is 5.92 Å². The van der Waals surface area contributed by atoms with E-state index < -0.39 is 5.82 Å². The standard InChI is InChI=1S/C21H25FN2O4/c22-16-7-5-15(6-8-16)18-19(23-9-1-3-14(11-23)13-25)21(27)24(20(18)26)12-17-4-2-10-28-17/h5-8,14,17,25H,1-4,9-13H2. The molecule has 3 heterocycles. The number of likely N-dealkylation sites (tertiary alicyclic amines) is 1. The zero-order valence-corrected chi connectivity index (χ0v) is 15.8. The molecule has 2 unspecified atom stereocenters. The van der Waals surface area contributed by atoms with Gasteiger partial charge in [0, 0.05) is 26.3 Å².